The summed E-state index contributed by atoms with van der Waals surface area (Å²) in [6, 6.07) is 5.28. The Bertz CT molecular complexity index is 932. The van der Waals surface area contributed by atoms with Crippen molar-refractivity contribution >= 4 is 43.2 Å². The molecule has 0 saturated carbocycles. The molecule has 0 unspecified atom stereocenters. The van der Waals surface area contributed by atoms with Gasteiger partial charge in [-0.2, -0.15) is 0 Å². The van der Waals surface area contributed by atoms with Crippen molar-refractivity contribution in [1.82, 2.24) is 14.3 Å². The normalized spacial score (nSPS) is 17.7. The molecule has 0 aliphatic carbocycles. The van der Waals surface area contributed by atoms with Crippen LogP contribution < -0.4 is 16.0 Å². The number of thiazole rings is 1. The average molecular weight is 425 g/mol. The monoisotopic (exact) mass is 424 g/mol. The van der Waals surface area contributed by atoms with Crippen LogP contribution in [0.3, 0.4) is 0 Å². The van der Waals surface area contributed by atoms with Crippen molar-refractivity contribution in [3.8, 4) is 0 Å². The molecule has 1 atom stereocenters. The van der Waals surface area contributed by atoms with E-state index >= 15 is 0 Å². The topological polar surface area (TPSA) is 122 Å². The SMILES string of the molecule is CCS(=O)(=O)N(C)[C@@H]1CCCN(c2nc(C(N)=O)c(Nc3ccccn3)s2)C1. The van der Waals surface area contributed by atoms with Crippen molar-refractivity contribution in [2.45, 2.75) is 25.8 Å². The molecule has 0 radical (unpaired) electrons. The Morgan fingerprint density at radius 1 is 1.46 bits per heavy atom. The number of pyridine rings is 1. The van der Waals surface area contributed by atoms with Gasteiger partial charge in [-0.25, -0.2) is 22.7 Å². The number of nitrogens with two attached hydrogens (primary N) is 1. The number of likely N-dealkylation sites (N-methyl/N-ethyl adjacent to an activating group) is 1. The van der Waals surface area contributed by atoms with Gasteiger partial charge < -0.3 is 16.0 Å². The van der Waals surface area contributed by atoms with E-state index in [1.807, 2.05) is 11.0 Å². The maximum Gasteiger partial charge on any atom is 0.270 e. The number of rotatable bonds is 7. The van der Waals surface area contributed by atoms with Crippen molar-refractivity contribution < 1.29 is 13.2 Å². The van der Waals surface area contributed by atoms with Crippen LogP contribution in [-0.4, -0.2) is 60.5 Å². The highest BCUT2D eigenvalue weighted by Gasteiger charge is 2.31. The smallest absolute Gasteiger partial charge is 0.270 e. The van der Waals surface area contributed by atoms with Gasteiger partial charge in [-0.1, -0.05) is 17.4 Å². The summed E-state index contributed by atoms with van der Waals surface area (Å²) in [6.45, 7) is 2.90. The molecule has 0 aromatic carbocycles. The number of nitrogens with one attached hydrogen (secondary N) is 1. The highest BCUT2D eigenvalue weighted by Crippen LogP contribution is 2.34. The first-order valence-corrected chi connectivity index (χ1v) is 11.4. The van der Waals surface area contributed by atoms with Crippen molar-refractivity contribution in [2.75, 3.05) is 36.1 Å². The number of hydrogen-bond donors (Lipinski definition) is 2. The summed E-state index contributed by atoms with van der Waals surface area (Å²) in [4.78, 5) is 22.5. The fourth-order valence-corrected chi connectivity index (χ4v) is 5.15. The molecule has 3 rings (SSSR count). The van der Waals surface area contributed by atoms with Crippen LogP contribution in [0.25, 0.3) is 0 Å². The lowest BCUT2D eigenvalue weighted by Gasteiger charge is -2.36. The zero-order valence-corrected chi connectivity index (χ0v) is 17.5. The second-order valence-corrected chi connectivity index (χ2v) is 9.83. The van der Waals surface area contributed by atoms with Gasteiger partial charge in [0, 0.05) is 32.4 Å². The zero-order chi connectivity index (χ0) is 20.3. The van der Waals surface area contributed by atoms with E-state index in [9.17, 15) is 13.2 Å². The molecule has 1 saturated heterocycles. The van der Waals surface area contributed by atoms with E-state index < -0.39 is 15.9 Å². The fourth-order valence-electron chi connectivity index (χ4n) is 3.10. The van der Waals surface area contributed by atoms with E-state index in [4.69, 9.17) is 5.73 Å². The Morgan fingerprint density at radius 2 is 2.25 bits per heavy atom. The molecule has 1 aliphatic heterocycles. The summed E-state index contributed by atoms with van der Waals surface area (Å²) in [5.74, 6) is 0.0342. The van der Waals surface area contributed by atoms with E-state index in [1.54, 1.807) is 32.3 Å². The summed E-state index contributed by atoms with van der Waals surface area (Å²) in [5.41, 5.74) is 5.66. The highest BCUT2D eigenvalue weighted by atomic mass is 32.2. The predicted octanol–water partition coefficient (Wildman–Crippen LogP) is 1.63. The molecular formula is C17H24N6O3S2. The van der Waals surface area contributed by atoms with E-state index in [1.165, 1.54) is 15.6 Å². The number of aromatic nitrogens is 2. The molecule has 152 valence electrons. The maximum absolute atomic E-state index is 12.2. The van der Waals surface area contributed by atoms with Gasteiger partial charge in [0.15, 0.2) is 10.8 Å². The lowest BCUT2D eigenvalue weighted by molar-refractivity contribution is 0.0997. The zero-order valence-electron chi connectivity index (χ0n) is 15.8. The van der Waals surface area contributed by atoms with E-state index in [0.29, 0.717) is 22.5 Å². The first-order valence-electron chi connectivity index (χ1n) is 9.01. The van der Waals surface area contributed by atoms with Gasteiger partial charge in [-0.15, -0.1) is 0 Å². The van der Waals surface area contributed by atoms with Crippen LogP contribution in [0.4, 0.5) is 16.0 Å². The van der Waals surface area contributed by atoms with Gasteiger partial charge in [0.05, 0.1) is 5.75 Å². The Hall–Kier alpha value is -2.24. The number of sulfonamides is 1. The van der Waals surface area contributed by atoms with Gasteiger partial charge >= 0.3 is 0 Å². The van der Waals surface area contributed by atoms with Crippen LogP contribution in [-0.2, 0) is 10.0 Å². The molecule has 0 spiro atoms. The molecule has 0 bridgehead atoms. The second kappa shape index (κ2) is 8.41. The lowest BCUT2D eigenvalue weighted by Crippen LogP contribution is -2.49. The number of piperidine rings is 1. The molecule has 9 nitrogen and oxygen atoms in total. The Balaban J connectivity index is 1.83. The number of carbonyl (C=O) groups excluding carboxylic acids is 1. The number of carbonyl (C=O) groups is 1. The molecule has 3 N–H and O–H groups in total. The molecule has 2 aromatic heterocycles. The van der Waals surface area contributed by atoms with Crippen molar-refractivity contribution in [2.24, 2.45) is 5.73 Å². The third-order valence-electron chi connectivity index (χ3n) is 4.74. The minimum Gasteiger partial charge on any atom is -0.364 e. The Kier molecular flexibility index (Phi) is 6.16. The van der Waals surface area contributed by atoms with Crippen molar-refractivity contribution in [3.63, 3.8) is 0 Å². The summed E-state index contributed by atoms with van der Waals surface area (Å²) in [7, 11) is -1.64. The minimum absolute atomic E-state index is 0.0707. The quantitative estimate of drug-likeness (QED) is 0.693. The van der Waals surface area contributed by atoms with E-state index in [0.717, 1.165) is 19.4 Å². The molecule has 11 heteroatoms. The molecule has 28 heavy (non-hydrogen) atoms. The number of nitrogens with zero attached hydrogens (tertiary/aromatic N) is 4. The summed E-state index contributed by atoms with van der Waals surface area (Å²) in [6.07, 6.45) is 3.27. The lowest BCUT2D eigenvalue weighted by atomic mass is 10.1. The minimum atomic E-state index is -3.27. The standard InChI is InChI=1S/C17H24N6O3S2/c1-3-28(25,26)22(2)12-7-6-10-23(11-12)17-21-14(15(18)24)16(27-17)20-13-8-4-5-9-19-13/h4-5,8-9,12H,3,6-7,10-11H2,1-2H3,(H2,18,24)(H,19,20)/t12-/m1/s1. The van der Waals surface area contributed by atoms with Crippen LogP contribution in [0.15, 0.2) is 24.4 Å². The first-order chi connectivity index (χ1) is 13.3. The molecule has 1 aliphatic rings. The average Bonchev–Trinajstić information content (AvgIpc) is 3.12. The molecule has 1 fully saturated rings. The van der Waals surface area contributed by atoms with Gasteiger partial charge in [0.1, 0.15) is 10.8 Å². The summed E-state index contributed by atoms with van der Waals surface area (Å²) < 4.78 is 25.9. The maximum atomic E-state index is 12.2. The van der Waals surface area contributed by atoms with Crippen LogP contribution >= 0.6 is 11.3 Å². The van der Waals surface area contributed by atoms with E-state index in [2.05, 4.69) is 15.3 Å². The predicted molar refractivity (Wildman–Crippen MR) is 111 cm³/mol. The number of amides is 1. The van der Waals surface area contributed by atoms with Crippen molar-refractivity contribution in [1.29, 1.82) is 0 Å². The van der Waals surface area contributed by atoms with Crippen LogP contribution in [0.2, 0.25) is 0 Å². The van der Waals surface area contributed by atoms with Crippen LogP contribution in [0.1, 0.15) is 30.3 Å². The highest BCUT2D eigenvalue weighted by molar-refractivity contribution is 7.89. The number of primary amides is 1. The Morgan fingerprint density at radius 3 is 2.89 bits per heavy atom. The fraction of sp³-hybridized carbons (Fsp3) is 0.471. The molecule has 1 amide bonds. The van der Waals surface area contributed by atoms with E-state index in [-0.39, 0.29) is 17.5 Å². The molecular weight excluding hydrogens is 400 g/mol. The Labute approximate surface area is 168 Å². The second-order valence-electron chi connectivity index (χ2n) is 6.54. The van der Waals surface area contributed by atoms with Crippen molar-refractivity contribution in [3.05, 3.63) is 30.1 Å². The van der Waals surface area contributed by atoms with Gasteiger partial charge in [-0.05, 0) is 31.9 Å². The van der Waals surface area contributed by atoms with Gasteiger partial charge in [0.25, 0.3) is 5.91 Å². The van der Waals surface area contributed by atoms with Gasteiger partial charge in [0.2, 0.25) is 10.0 Å². The van der Waals surface area contributed by atoms with Gasteiger partial charge in [-0.3, -0.25) is 4.79 Å². The third-order valence-corrected chi connectivity index (χ3v) is 7.68. The largest absolute Gasteiger partial charge is 0.364 e. The van der Waals surface area contributed by atoms with Crippen LogP contribution in [0, 0.1) is 0 Å². The van der Waals surface area contributed by atoms with Crippen LogP contribution in [0.5, 0.6) is 0 Å². The molecule has 2 aromatic rings. The molecule has 3 heterocycles. The third kappa shape index (κ3) is 4.42. The number of hydrogen-bond acceptors (Lipinski definition) is 8. The number of anilines is 3. The summed E-state index contributed by atoms with van der Waals surface area (Å²) in [5, 5.41) is 4.26. The first kappa shape index (κ1) is 20.5. The summed E-state index contributed by atoms with van der Waals surface area (Å²) >= 11 is 1.31.